The topological polar surface area (TPSA) is 40.2 Å². The van der Waals surface area contributed by atoms with Gasteiger partial charge in [-0.15, -0.1) is 0 Å². The molecule has 0 aromatic rings. The third kappa shape index (κ3) is 3.66. The van der Waals surface area contributed by atoms with E-state index < -0.39 is 9.28 Å². The van der Waals surface area contributed by atoms with Crippen molar-refractivity contribution in [3.05, 3.63) is 0 Å². The molecule has 84 valence electrons. The summed E-state index contributed by atoms with van der Waals surface area (Å²) in [5.41, 5.74) is 0.351. The van der Waals surface area contributed by atoms with E-state index >= 15 is 0 Å². The summed E-state index contributed by atoms with van der Waals surface area (Å²) in [6.07, 6.45) is 0.505. The second-order valence-corrected chi connectivity index (χ2v) is 6.42. The molecule has 0 spiro atoms. The van der Waals surface area contributed by atoms with Crippen molar-refractivity contribution in [3.63, 3.8) is 0 Å². The summed E-state index contributed by atoms with van der Waals surface area (Å²) in [5, 5.41) is 0. The Balaban J connectivity index is 2.21. The second kappa shape index (κ2) is 5.82. The summed E-state index contributed by atoms with van der Waals surface area (Å²) in [4.78, 5) is 0. The number of hydrogen-bond acceptors (Lipinski definition) is 4. The predicted octanol–water partition coefficient (Wildman–Crippen LogP) is 0.694. The lowest BCUT2D eigenvalue weighted by Gasteiger charge is -2.24. The van der Waals surface area contributed by atoms with Gasteiger partial charge < -0.3 is 18.3 Å². The fourth-order valence-electron chi connectivity index (χ4n) is 1.32. The van der Waals surface area contributed by atoms with Crippen LogP contribution in [0.4, 0.5) is 0 Å². The van der Waals surface area contributed by atoms with Gasteiger partial charge >= 0.3 is 9.28 Å². The summed E-state index contributed by atoms with van der Waals surface area (Å²) in [6, 6.07) is 0. The highest BCUT2D eigenvalue weighted by atomic mass is 28.3. The summed E-state index contributed by atoms with van der Waals surface area (Å²) < 4.78 is 21.4. The lowest BCUT2D eigenvalue weighted by Crippen LogP contribution is -2.33. The Morgan fingerprint density at radius 3 is 2.36 bits per heavy atom. The maximum Gasteiger partial charge on any atom is 0.326 e. The molecule has 3 unspecified atom stereocenters. The Bertz CT molecular complexity index is 159. The fraction of sp³-hybridized carbons (Fsp3) is 1.00. The van der Waals surface area contributed by atoms with Crippen molar-refractivity contribution in [3.8, 4) is 0 Å². The molecule has 0 N–H and O–H groups in total. The van der Waals surface area contributed by atoms with Crippen molar-refractivity contribution in [1.29, 1.82) is 0 Å². The summed E-state index contributed by atoms with van der Waals surface area (Å²) in [5.74, 6) is 0. The number of rotatable bonds is 7. The highest BCUT2D eigenvalue weighted by molar-refractivity contribution is 6.46. The molecule has 4 nitrogen and oxygen atoms in total. The first-order chi connectivity index (χ1) is 6.69. The molecule has 1 saturated heterocycles. The first-order valence-corrected chi connectivity index (χ1v) is 6.58. The van der Waals surface area contributed by atoms with Crippen molar-refractivity contribution in [2.24, 2.45) is 0 Å². The van der Waals surface area contributed by atoms with E-state index in [4.69, 9.17) is 18.3 Å². The minimum Gasteiger partial charge on any atom is -0.400 e. The van der Waals surface area contributed by atoms with Gasteiger partial charge in [0, 0.05) is 19.8 Å². The van der Waals surface area contributed by atoms with Crippen LogP contribution in [0.3, 0.4) is 0 Å². The smallest absolute Gasteiger partial charge is 0.326 e. The van der Waals surface area contributed by atoms with Gasteiger partial charge in [0.05, 0.1) is 19.3 Å². The van der Waals surface area contributed by atoms with Crippen LogP contribution >= 0.6 is 0 Å². The zero-order valence-corrected chi connectivity index (χ0v) is 10.5. The summed E-state index contributed by atoms with van der Waals surface area (Å²) in [7, 11) is 1.85. The zero-order chi connectivity index (χ0) is 10.6. The largest absolute Gasteiger partial charge is 0.400 e. The Kier molecular flexibility index (Phi) is 5.04. The third-order valence-electron chi connectivity index (χ3n) is 2.58. The van der Waals surface area contributed by atoms with Gasteiger partial charge in [-0.05, 0) is 6.92 Å². The minimum absolute atomic E-state index is 0.177. The van der Waals surface area contributed by atoms with Crippen LogP contribution in [0.5, 0.6) is 0 Å². The Hall–Kier alpha value is 0.0569. The van der Waals surface area contributed by atoms with E-state index in [0.717, 1.165) is 6.61 Å². The van der Waals surface area contributed by atoms with Crippen LogP contribution in [0, 0.1) is 0 Å². The van der Waals surface area contributed by atoms with E-state index in [1.54, 1.807) is 14.2 Å². The van der Waals surface area contributed by atoms with E-state index in [1.807, 2.05) is 0 Å². The Morgan fingerprint density at radius 2 is 1.93 bits per heavy atom. The highest BCUT2D eigenvalue weighted by Gasteiger charge is 2.29. The maximum absolute atomic E-state index is 5.66. The predicted molar refractivity (Wildman–Crippen MR) is 55.7 cm³/mol. The van der Waals surface area contributed by atoms with E-state index in [1.165, 1.54) is 0 Å². The molecule has 14 heavy (non-hydrogen) atoms. The molecule has 0 aliphatic carbocycles. The molecule has 1 fully saturated rings. The molecule has 5 heteroatoms. The molecule has 0 amide bonds. The molecule has 0 saturated carbocycles. The molecule has 1 aliphatic rings. The highest BCUT2D eigenvalue weighted by Crippen LogP contribution is 2.20. The molecule has 0 bridgehead atoms. The lowest BCUT2D eigenvalue weighted by atomic mass is 10.3. The van der Waals surface area contributed by atoms with Crippen molar-refractivity contribution >= 4 is 9.28 Å². The summed E-state index contributed by atoms with van der Waals surface area (Å²) in [6.45, 7) is 5.71. The maximum atomic E-state index is 5.66. The van der Waals surface area contributed by atoms with E-state index in [0.29, 0.717) is 18.3 Å². The Morgan fingerprint density at radius 1 is 1.36 bits per heavy atom. The van der Waals surface area contributed by atoms with Gasteiger partial charge in [-0.3, -0.25) is 0 Å². The molecule has 0 aromatic heterocycles. The van der Waals surface area contributed by atoms with Crippen LogP contribution in [0.15, 0.2) is 0 Å². The van der Waals surface area contributed by atoms with Crippen molar-refractivity contribution < 1.29 is 18.3 Å². The lowest BCUT2D eigenvalue weighted by molar-refractivity contribution is 0.0444. The first kappa shape index (κ1) is 12.1. The van der Waals surface area contributed by atoms with Crippen molar-refractivity contribution in [2.75, 3.05) is 27.4 Å². The molecular formula is C9H20O4Si. The average Bonchev–Trinajstić information content (AvgIpc) is 2.99. The normalized spacial score (nSPS) is 25.1. The Labute approximate surface area is 87.3 Å². The minimum atomic E-state index is -1.55. The first-order valence-electron chi connectivity index (χ1n) is 4.97. The van der Waals surface area contributed by atoms with Crippen LogP contribution in [-0.4, -0.2) is 48.9 Å². The number of hydrogen-bond donors (Lipinski definition) is 0. The molecule has 1 rings (SSSR count). The van der Waals surface area contributed by atoms with Gasteiger partial charge in [-0.25, -0.2) is 0 Å². The quantitative estimate of drug-likeness (QED) is 0.467. The van der Waals surface area contributed by atoms with E-state index in [9.17, 15) is 0 Å². The van der Waals surface area contributed by atoms with Gasteiger partial charge in [-0.2, -0.15) is 0 Å². The van der Waals surface area contributed by atoms with Crippen LogP contribution in [0.2, 0.25) is 5.54 Å². The SMILES string of the molecule is CO[SiH](OC)C(C)C(C)OCC1CO1. The van der Waals surface area contributed by atoms with Gasteiger partial charge in [-0.1, -0.05) is 6.92 Å². The number of ether oxygens (including phenoxy) is 2. The third-order valence-corrected chi connectivity index (χ3v) is 4.91. The van der Waals surface area contributed by atoms with Crippen LogP contribution in [-0.2, 0) is 18.3 Å². The molecule has 1 heterocycles. The average molecular weight is 220 g/mol. The van der Waals surface area contributed by atoms with E-state index in [-0.39, 0.29) is 6.10 Å². The van der Waals surface area contributed by atoms with Crippen molar-refractivity contribution in [2.45, 2.75) is 31.6 Å². The van der Waals surface area contributed by atoms with Gasteiger partial charge in [0.25, 0.3) is 0 Å². The van der Waals surface area contributed by atoms with Crippen LogP contribution in [0.1, 0.15) is 13.8 Å². The standard InChI is InChI=1S/C9H20O4Si/c1-7(12-5-9-6-13-9)8(2)14(10-3)11-4/h7-9,14H,5-6H2,1-4H3. The van der Waals surface area contributed by atoms with Crippen molar-refractivity contribution in [1.82, 2.24) is 0 Å². The number of epoxide rings is 1. The van der Waals surface area contributed by atoms with Crippen LogP contribution in [0.25, 0.3) is 0 Å². The monoisotopic (exact) mass is 220 g/mol. The van der Waals surface area contributed by atoms with Gasteiger partial charge in [0.1, 0.15) is 6.10 Å². The molecule has 1 aliphatic heterocycles. The second-order valence-electron chi connectivity index (χ2n) is 3.69. The molecular weight excluding hydrogens is 200 g/mol. The molecule has 0 radical (unpaired) electrons. The summed E-state index contributed by atoms with van der Waals surface area (Å²) >= 11 is 0. The fourth-order valence-corrected chi connectivity index (χ4v) is 2.93. The molecule has 3 atom stereocenters. The van der Waals surface area contributed by atoms with Gasteiger partial charge in [0.2, 0.25) is 0 Å². The molecule has 0 aromatic carbocycles. The van der Waals surface area contributed by atoms with Crippen LogP contribution < -0.4 is 0 Å². The van der Waals surface area contributed by atoms with E-state index in [2.05, 4.69) is 13.8 Å². The van der Waals surface area contributed by atoms with Gasteiger partial charge in [0.15, 0.2) is 0 Å². The zero-order valence-electron chi connectivity index (χ0n) is 9.36.